The fourth-order valence-electron chi connectivity index (χ4n) is 0.267. The van der Waals surface area contributed by atoms with Crippen LogP contribution in [0.15, 0.2) is 12.3 Å². The van der Waals surface area contributed by atoms with E-state index in [0.29, 0.717) is 0 Å². The first-order valence-corrected chi connectivity index (χ1v) is 2.77. The molecule has 0 saturated heterocycles. The molecular weight excluding hydrogens is 136 g/mol. The van der Waals surface area contributed by atoms with Crippen LogP contribution in [0.1, 0.15) is 13.3 Å². The minimum atomic E-state index is -1.01. The lowest BCUT2D eigenvalue weighted by Crippen LogP contribution is -2.00. The zero-order valence-electron chi connectivity index (χ0n) is 5.57. The second kappa shape index (κ2) is 5.81. The Labute approximate surface area is 58.4 Å². The fraction of sp³-hybridized carbons (Fsp3) is 0.333. The third-order valence-corrected chi connectivity index (χ3v) is 0.641. The summed E-state index contributed by atoms with van der Waals surface area (Å²) in [5.74, 6) is 0. The summed E-state index contributed by atoms with van der Waals surface area (Å²) in [6.45, 7) is 1.90. The Hall–Kier alpha value is -1.32. The molecule has 4 heteroatoms. The molecule has 4 nitrogen and oxygen atoms in total. The quantitative estimate of drug-likeness (QED) is 0.258. The van der Waals surface area contributed by atoms with E-state index in [-0.39, 0.29) is 6.47 Å². The average Bonchev–Trinajstić information content (AvgIpc) is 1.89. The molecule has 0 saturated carbocycles. The molecule has 56 valence electrons. The Morgan fingerprint density at radius 1 is 1.50 bits per heavy atom. The molecule has 0 aliphatic carbocycles. The molecule has 0 unspecified atom stereocenters. The van der Waals surface area contributed by atoms with Crippen molar-refractivity contribution in [2.45, 2.75) is 13.3 Å². The predicted molar refractivity (Wildman–Crippen MR) is 33.1 cm³/mol. The van der Waals surface area contributed by atoms with E-state index >= 15 is 0 Å². The summed E-state index contributed by atoms with van der Waals surface area (Å²) in [5, 5.41) is 0. The van der Waals surface area contributed by atoms with Crippen LogP contribution < -0.4 is 0 Å². The second-order valence-corrected chi connectivity index (χ2v) is 1.36. The van der Waals surface area contributed by atoms with E-state index < -0.39 is 6.16 Å². The summed E-state index contributed by atoms with van der Waals surface area (Å²) in [6, 6.07) is 0. The van der Waals surface area contributed by atoms with Gasteiger partial charge in [0, 0.05) is 0 Å². The van der Waals surface area contributed by atoms with Crippen molar-refractivity contribution in [2.24, 2.45) is 0 Å². The molecule has 10 heavy (non-hydrogen) atoms. The Bertz CT molecular complexity index is 139. The van der Waals surface area contributed by atoms with Crippen LogP contribution in [0.4, 0.5) is 4.79 Å². The van der Waals surface area contributed by atoms with Gasteiger partial charge < -0.3 is 9.47 Å². The lowest BCUT2D eigenvalue weighted by atomic mass is 10.5. The van der Waals surface area contributed by atoms with E-state index in [9.17, 15) is 9.59 Å². The standard InChI is InChI=1S/C6H8O4/c1-2-3-4-9-6(8)10-5-7/h3-5H,2H2,1H3/b4-3+. The van der Waals surface area contributed by atoms with Gasteiger partial charge in [-0.3, -0.25) is 4.79 Å². The van der Waals surface area contributed by atoms with Crippen molar-refractivity contribution in [3.63, 3.8) is 0 Å². The topological polar surface area (TPSA) is 52.6 Å². The smallest absolute Gasteiger partial charge is 0.403 e. The minimum Gasteiger partial charge on any atom is -0.403 e. The summed E-state index contributed by atoms with van der Waals surface area (Å²) >= 11 is 0. The van der Waals surface area contributed by atoms with Gasteiger partial charge in [-0.2, -0.15) is 0 Å². The van der Waals surface area contributed by atoms with Gasteiger partial charge in [0.25, 0.3) is 0 Å². The largest absolute Gasteiger partial charge is 0.520 e. The highest BCUT2D eigenvalue weighted by atomic mass is 16.7. The van der Waals surface area contributed by atoms with Gasteiger partial charge in [0.05, 0.1) is 6.26 Å². The molecule has 0 spiro atoms. The molecule has 0 amide bonds. The van der Waals surface area contributed by atoms with Crippen LogP contribution in [0.25, 0.3) is 0 Å². The number of rotatable bonds is 3. The van der Waals surface area contributed by atoms with Crippen LogP contribution in [0.2, 0.25) is 0 Å². The Morgan fingerprint density at radius 3 is 2.70 bits per heavy atom. The molecule has 0 aliphatic rings. The van der Waals surface area contributed by atoms with Crippen molar-refractivity contribution < 1.29 is 19.1 Å². The lowest BCUT2D eigenvalue weighted by molar-refractivity contribution is -0.124. The summed E-state index contributed by atoms with van der Waals surface area (Å²) in [4.78, 5) is 19.7. The van der Waals surface area contributed by atoms with Crippen LogP contribution in [-0.2, 0) is 14.3 Å². The number of ether oxygens (including phenoxy) is 2. The molecule has 0 bridgehead atoms. The minimum absolute atomic E-state index is 0.0160. The highest BCUT2D eigenvalue weighted by Crippen LogP contribution is 1.85. The Kier molecular flexibility index (Phi) is 5.04. The van der Waals surface area contributed by atoms with Crippen LogP contribution in [0.5, 0.6) is 0 Å². The van der Waals surface area contributed by atoms with Crippen LogP contribution in [-0.4, -0.2) is 12.6 Å². The molecule has 0 aliphatic heterocycles. The van der Waals surface area contributed by atoms with E-state index in [4.69, 9.17) is 0 Å². The SMILES string of the molecule is CC/C=C/OC(=O)OC=O. The van der Waals surface area contributed by atoms with Gasteiger partial charge in [-0.25, -0.2) is 4.79 Å². The lowest BCUT2D eigenvalue weighted by Gasteiger charge is -1.91. The van der Waals surface area contributed by atoms with Gasteiger partial charge >= 0.3 is 12.6 Å². The third kappa shape index (κ3) is 4.83. The first-order chi connectivity index (χ1) is 4.81. The molecule has 0 aromatic heterocycles. The van der Waals surface area contributed by atoms with E-state index in [2.05, 4.69) is 9.47 Å². The highest BCUT2D eigenvalue weighted by Gasteiger charge is 1.96. The third-order valence-electron chi connectivity index (χ3n) is 0.641. The molecule has 0 fully saturated rings. The molecule has 0 atom stereocenters. The Morgan fingerprint density at radius 2 is 2.20 bits per heavy atom. The zero-order valence-corrected chi connectivity index (χ0v) is 5.57. The normalized spacial score (nSPS) is 9.30. The van der Waals surface area contributed by atoms with E-state index in [1.165, 1.54) is 6.26 Å². The van der Waals surface area contributed by atoms with Crippen molar-refractivity contribution in [2.75, 3.05) is 0 Å². The first-order valence-electron chi connectivity index (χ1n) is 2.77. The van der Waals surface area contributed by atoms with Crippen molar-refractivity contribution >= 4 is 12.6 Å². The summed E-state index contributed by atoms with van der Waals surface area (Å²) in [7, 11) is 0. The van der Waals surface area contributed by atoms with Gasteiger partial charge in [0.15, 0.2) is 0 Å². The summed E-state index contributed by atoms with van der Waals surface area (Å²) in [6.07, 6.45) is 2.53. The van der Waals surface area contributed by atoms with Crippen LogP contribution >= 0.6 is 0 Å². The number of carbonyl (C=O) groups excluding carboxylic acids is 2. The van der Waals surface area contributed by atoms with Gasteiger partial charge in [0.1, 0.15) is 0 Å². The molecule has 0 heterocycles. The monoisotopic (exact) mass is 144 g/mol. The fourth-order valence-corrected chi connectivity index (χ4v) is 0.267. The van der Waals surface area contributed by atoms with Gasteiger partial charge in [-0.15, -0.1) is 0 Å². The van der Waals surface area contributed by atoms with E-state index in [1.54, 1.807) is 6.08 Å². The zero-order chi connectivity index (χ0) is 7.82. The highest BCUT2D eigenvalue weighted by molar-refractivity contribution is 5.69. The number of hydrogen-bond acceptors (Lipinski definition) is 4. The summed E-state index contributed by atoms with van der Waals surface area (Å²) < 4.78 is 8.05. The molecule has 0 aromatic carbocycles. The van der Waals surface area contributed by atoms with Crippen molar-refractivity contribution in [1.82, 2.24) is 0 Å². The maximum Gasteiger partial charge on any atom is 0.520 e. The molecule has 0 rings (SSSR count). The molecule has 0 aromatic rings. The van der Waals surface area contributed by atoms with Gasteiger partial charge in [0.2, 0.25) is 0 Å². The molecule has 0 N–H and O–H groups in total. The predicted octanol–water partition coefficient (Wildman–Crippen LogP) is 1.22. The van der Waals surface area contributed by atoms with Crippen LogP contribution in [0, 0.1) is 0 Å². The maximum atomic E-state index is 10.2. The Balaban J connectivity index is 3.38. The maximum absolute atomic E-state index is 10.2. The molecular formula is C6H8O4. The number of hydrogen-bond donors (Lipinski definition) is 0. The average molecular weight is 144 g/mol. The van der Waals surface area contributed by atoms with Crippen LogP contribution in [0.3, 0.4) is 0 Å². The van der Waals surface area contributed by atoms with E-state index in [1.807, 2.05) is 6.92 Å². The van der Waals surface area contributed by atoms with Crippen molar-refractivity contribution in [1.29, 1.82) is 0 Å². The van der Waals surface area contributed by atoms with Crippen molar-refractivity contribution in [3.05, 3.63) is 12.3 Å². The van der Waals surface area contributed by atoms with Gasteiger partial charge in [-0.1, -0.05) is 6.92 Å². The second-order valence-electron chi connectivity index (χ2n) is 1.36. The van der Waals surface area contributed by atoms with Gasteiger partial charge in [-0.05, 0) is 12.5 Å². The van der Waals surface area contributed by atoms with E-state index in [0.717, 1.165) is 6.42 Å². The number of carbonyl (C=O) groups is 2. The number of allylic oxidation sites excluding steroid dienone is 1. The van der Waals surface area contributed by atoms with Crippen molar-refractivity contribution in [3.8, 4) is 0 Å². The summed E-state index contributed by atoms with van der Waals surface area (Å²) in [5.41, 5.74) is 0. The first kappa shape index (κ1) is 8.68. The molecule has 0 radical (unpaired) electrons.